The Bertz CT molecular complexity index is 570. The van der Waals surface area contributed by atoms with Gasteiger partial charge >= 0.3 is 5.97 Å². The topological polar surface area (TPSA) is 136 Å². The number of hydrogen-bond donors (Lipinski definition) is 5. The minimum atomic E-state index is -1.19. The largest absolute Gasteiger partial charge is 0.508 e. The highest BCUT2D eigenvalue weighted by Crippen LogP contribution is 2.18. The summed E-state index contributed by atoms with van der Waals surface area (Å²) in [5.41, 5.74) is 0.343. The number of carboxylic acid groups (broad SMARTS) is 1. The summed E-state index contributed by atoms with van der Waals surface area (Å²) < 4.78 is 0. The number of phenols is 1. The van der Waals surface area contributed by atoms with Crippen molar-refractivity contribution in [2.75, 3.05) is 6.61 Å². The SMILES string of the molecule is CC(C)C(NC(=O)C(NC(=O)CO)c1ccc(O)cc1)C(=O)O. The fourth-order valence-corrected chi connectivity index (χ4v) is 1.92. The summed E-state index contributed by atoms with van der Waals surface area (Å²) >= 11 is 0. The van der Waals surface area contributed by atoms with Crippen LogP contribution in [-0.2, 0) is 14.4 Å². The third kappa shape index (κ3) is 5.26. The molecule has 23 heavy (non-hydrogen) atoms. The minimum Gasteiger partial charge on any atom is -0.508 e. The number of carboxylic acids is 1. The van der Waals surface area contributed by atoms with Gasteiger partial charge in [-0.25, -0.2) is 4.79 Å². The molecule has 0 bridgehead atoms. The van der Waals surface area contributed by atoms with Gasteiger partial charge in [0.15, 0.2) is 0 Å². The van der Waals surface area contributed by atoms with Gasteiger partial charge in [0, 0.05) is 0 Å². The van der Waals surface area contributed by atoms with E-state index in [0.717, 1.165) is 0 Å². The van der Waals surface area contributed by atoms with E-state index in [1.807, 2.05) is 0 Å². The number of nitrogens with one attached hydrogen (secondary N) is 2. The van der Waals surface area contributed by atoms with Crippen LogP contribution in [-0.4, -0.2) is 45.8 Å². The average molecular weight is 324 g/mol. The zero-order chi connectivity index (χ0) is 17.6. The highest BCUT2D eigenvalue weighted by Gasteiger charge is 2.29. The van der Waals surface area contributed by atoms with E-state index >= 15 is 0 Å². The zero-order valence-corrected chi connectivity index (χ0v) is 12.8. The predicted molar refractivity (Wildman–Crippen MR) is 80.5 cm³/mol. The van der Waals surface area contributed by atoms with Crippen LogP contribution in [0.5, 0.6) is 5.75 Å². The van der Waals surface area contributed by atoms with Gasteiger partial charge in [-0.3, -0.25) is 9.59 Å². The van der Waals surface area contributed by atoms with E-state index in [1.54, 1.807) is 13.8 Å². The third-order valence-corrected chi connectivity index (χ3v) is 3.17. The number of aromatic hydroxyl groups is 1. The smallest absolute Gasteiger partial charge is 0.326 e. The van der Waals surface area contributed by atoms with Gasteiger partial charge in [-0.15, -0.1) is 0 Å². The lowest BCUT2D eigenvalue weighted by molar-refractivity contribution is -0.143. The second-order valence-electron chi connectivity index (χ2n) is 5.32. The molecule has 5 N–H and O–H groups in total. The van der Waals surface area contributed by atoms with Crippen LogP contribution in [0, 0.1) is 5.92 Å². The summed E-state index contributed by atoms with van der Waals surface area (Å²) in [5, 5.41) is 31.9. The quantitative estimate of drug-likeness (QED) is 0.470. The number of rotatable bonds is 7. The van der Waals surface area contributed by atoms with Crippen LogP contribution < -0.4 is 10.6 Å². The van der Waals surface area contributed by atoms with Gasteiger partial charge in [-0.2, -0.15) is 0 Å². The number of hydrogen-bond acceptors (Lipinski definition) is 5. The van der Waals surface area contributed by atoms with Crippen LogP contribution >= 0.6 is 0 Å². The van der Waals surface area contributed by atoms with E-state index in [2.05, 4.69) is 10.6 Å². The lowest BCUT2D eigenvalue weighted by atomic mass is 10.0. The van der Waals surface area contributed by atoms with E-state index in [0.29, 0.717) is 5.56 Å². The van der Waals surface area contributed by atoms with Gasteiger partial charge in [-0.05, 0) is 23.6 Å². The Morgan fingerprint density at radius 2 is 1.65 bits per heavy atom. The summed E-state index contributed by atoms with van der Waals surface area (Å²) in [4.78, 5) is 35.0. The molecule has 0 heterocycles. The molecule has 0 aliphatic carbocycles. The summed E-state index contributed by atoms with van der Waals surface area (Å²) in [6.07, 6.45) is 0. The summed E-state index contributed by atoms with van der Waals surface area (Å²) in [7, 11) is 0. The van der Waals surface area contributed by atoms with Crippen molar-refractivity contribution < 1.29 is 29.7 Å². The van der Waals surface area contributed by atoms with E-state index in [9.17, 15) is 19.5 Å². The molecule has 1 rings (SSSR count). The first-order valence-electron chi connectivity index (χ1n) is 6.98. The molecule has 0 aliphatic heterocycles. The van der Waals surface area contributed by atoms with Crippen LogP contribution in [0.15, 0.2) is 24.3 Å². The number of carbonyl (C=O) groups excluding carboxylic acids is 2. The molecule has 1 aromatic carbocycles. The van der Waals surface area contributed by atoms with Crippen LogP contribution in [0.25, 0.3) is 0 Å². The van der Waals surface area contributed by atoms with Crippen molar-refractivity contribution in [3.63, 3.8) is 0 Å². The second-order valence-corrected chi connectivity index (χ2v) is 5.32. The number of amides is 2. The van der Waals surface area contributed by atoms with E-state index in [4.69, 9.17) is 10.2 Å². The first kappa shape index (κ1) is 18.4. The van der Waals surface area contributed by atoms with Crippen LogP contribution in [0.2, 0.25) is 0 Å². The summed E-state index contributed by atoms with van der Waals surface area (Å²) in [6, 6.07) is 3.20. The number of benzene rings is 1. The van der Waals surface area contributed by atoms with Crippen LogP contribution in [0.4, 0.5) is 0 Å². The molecule has 0 spiro atoms. The molecule has 8 nitrogen and oxygen atoms in total. The maximum Gasteiger partial charge on any atom is 0.326 e. The van der Waals surface area contributed by atoms with Crippen molar-refractivity contribution in [3.05, 3.63) is 29.8 Å². The molecule has 0 fully saturated rings. The van der Waals surface area contributed by atoms with Crippen molar-refractivity contribution in [2.45, 2.75) is 25.9 Å². The van der Waals surface area contributed by atoms with Crippen LogP contribution in [0.3, 0.4) is 0 Å². The Hall–Kier alpha value is -2.61. The Labute approximate surface area is 133 Å². The molecule has 126 valence electrons. The highest BCUT2D eigenvalue weighted by molar-refractivity contribution is 5.91. The first-order valence-corrected chi connectivity index (χ1v) is 6.98. The van der Waals surface area contributed by atoms with E-state index < -0.39 is 36.5 Å². The molecule has 1 aromatic rings. The average Bonchev–Trinajstić information content (AvgIpc) is 2.50. The Kier molecular flexibility index (Phi) is 6.52. The van der Waals surface area contributed by atoms with Crippen molar-refractivity contribution in [1.29, 1.82) is 0 Å². The summed E-state index contributed by atoms with van der Waals surface area (Å²) in [5.74, 6) is -3.07. The van der Waals surface area contributed by atoms with E-state index in [1.165, 1.54) is 24.3 Å². The highest BCUT2D eigenvalue weighted by atomic mass is 16.4. The van der Waals surface area contributed by atoms with Crippen molar-refractivity contribution >= 4 is 17.8 Å². The first-order chi connectivity index (χ1) is 10.8. The van der Waals surface area contributed by atoms with Gasteiger partial charge < -0.3 is 26.0 Å². The number of carbonyl (C=O) groups is 3. The third-order valence-electron chi connectivity index (χ3n) is 3.17. The molecule has 2 amide bonds. The van der Waals surface area contributed by atoms with Gasteiger partial charge in [0.05, 0.1) is 0 Å². The fraction of sp³-hybridized carbons (Fsp3) is 0.400. The normalized spacial score (nSPS) is 13.2. The lowest BCUT2D eigenvalue weighted by Gasteiger charge is -2.23. The number of phenolic OH excluding ortho intramolecular Hbond substituents is 1. The molecule has 0 saturated heterocycles. The van der Waals surface area contributed by atoms with E-state index in [-0.39, 0.29) is 11.7 Å². The summed E-state index contributed by atoms with van der Waals surface area (Å²) in [6.45, 7) is 2.47. The Morgan fingerprint density at radius 1 is 1.09 bits per heavy atom. The van der Waals surface area contributed by atoms with Crippen molar-refractivity contribution in [1.82, 2.24) is 10.6 Å². The van der Waals surface area contributed by atoms with Crippen LogP contribution in [0.1, 0.15) is 25.5 Å². The van der Waals surface area contributed by atoms with Crippen molar-refractivity contribution in [3.8, 4) is 5.75 Å². The standard InChI is InChI=1S/C15H20N2O6/c1-8(2)12(15(22)23)17-14(21)13(16-11(20)7-18)9-3-5-10(19)6-4-9/h3-6,8,12-13,18-19H,7H2,1-2H3,(H,16,20)(H,17,21)(H,22,23). The number of aliphatic carboxylic acids is 1. The minimum absolute atomic E-state index is 0.0213. The monoisotopic (exact) mass is 324 g/mol. The molecular formula is C15H20N2O6. The van der Waals surface area contributed by atoms with Gasteiger partial charge in [-0.1, -0.05) is 26.0 Å². The molecule has 0 radical (unpaired) electrons. The van der Waals surface area contributed by atoms with Gasteiger partial charge in [0.2, 0.25) is 11.8 Å². The molecular weight excluding hydrogens is 304 g/mol. The zero-order valence-electron chi connectivity index (χ0n) is 12.8. The molecule has 0 saturated carbocycles. The molecule has 2 unspecified atom stereocenters. The number of aliphatic hydroxyl groups excluding tert-OH is 1. The molecule has 2 atom stereocenters. The second kappa shape index (κ2) is 8.14. The molecule has 8 heteroatoms. The van der Waals surface area contributed by atoms with Gasteiger partial charge in [0.25, 0.3) is 0 Å². The predicted octanol–water partition coefficient (Wildman–Crippen LogP) is -0.233. The Morgan fingerprint density at radius 3 is 2.09 bits per heavy atom. The number of aliphatic hydroxyl groups is 1. The Balaban J connectivity index is 3.03. The molecule has 0 aliphatic rings. The van der Waals surface area contributed by atoms with Gasteiger partial charge in [0.1, 0.15) is 24.4 Å². The lowest BCUT2D eigenvalue weighted by Crippen LogP contribution is -2.49. The molecule has 0 aromatic heterocycles. The maximum atomic E-state index is 12.4. The fourth-order valence-electron chi connectivity index (χ4n) is 1.92. The van der Waals surface area contributed by atoms with Crippen molar-refractivity contribution in [2.24, 2.45) is 5.92 Å². The maximum absolute atomic E-state index is 12.4.